The Kier molecular flexibility index (Phi) is 8.16. The zero-order valence-corrected chi connectivity index (χ0v) is 24.7. The van der Waals surface area contributed by atoms with Crippen molar-refractivity contribution in [2.24, 2.45) is 10.9 Å². The van der Waals surface area contributed by atoms with Crippen LogP contribution in [0, 0.1) is 11.7 Å². The van der Waals surface area contributed by atoms with Gasteiger partial charge in [0.1, 0.15) is 11.6 Å². The molecule has 1 fully saturated rings. The third-order valence-corrected chi connectivity index (χ3v) is 7.63. The summed E-state index contributed by atoms with van der Waals surface area (Å²) in [6.45, 7) is 9.13. The SMILES string of the molecule is CC(=O)Nc1ccc(Nc2cc3nc4ccccc4n(-c4ccc(F)cc4)c-3cc2=NC2CCN(CC(C)C)CC2)cn1. The second kappa shape index (κ2) is 12.3. The minimum Gasteiger partial charge on any atom is -0.352 e. The summed E-state index contributed by atoms with van der Waals surface area (Å²) < 4.78 is 16.0. The van der Waals surface area contributed by atoms with Crippen molar-refractivity contribution < 1.29 is 9.18 Å². The number of fused-ring (bicyclic) bond motifs is 2. The second-order valence-corrected chi connectivity index (χ2v) is 11.6. The molecule has 2 N–H and O–H groups in total. The van der Waals surface area contributed by atoms with Crippen LogP contribution in [-0.2, 0) is 4.79 Å². The average molecular weight is 578 g/mol. The Morgan fingerprint density at radius 2 is 1.81 bits per heavy atom. The van der Waals surface area contributed by atoms with E-state index in [1.54, 1.807) is 24.4 Å². The zero-order valence-electron chi connectivity index (χ0n) is 24.7. The quantitative estimate of drug-likeness (QED) is 0.219. The fourth-order valence-corrected chi connectivity index (χ4v) is 5.74. The molecule has 3 aliphatic rings. The van der Waals surface area contributed by atoms with Crippen LogP contribution in [0.25, 0.3) is 28.1 Å². The van der Waals surface area contributed by atoms with E-state index >= 15 is 0 Å². The Labute approximate surface area is 250 Å². The second-order valence-electron chi connectivity index (χ2n) is 11.6. The van der Waals surface area contributed by atoms with Crippen LogP contribution in [0.5, 0.6) is 0 Å². The number of nitrogens with one attached hydrogen (secondary N) is 2. The van der Waals surface area contributed by atoms with Crippen molar-refractivity contribution in [3.8, 4) is 17.1 Å². The molecular formula is C34H36FN7O. The largest absolute Gasteiger partial charge is 0.352 e. The normalized spacial score (nSPS) is 15.0. The van der Waals surface area contributed by atoms with Crippen LogP contribution in [0.2, 0.25) is 0 Å². The standard InChI is InChI=1S/C34H36FN7O/c1-22(2)21-41-16-14-25(15-17-41)38-30-19-33-31(18-29(30)39-26-10-13-34(36-20-26)37-23(3)43)40-28-6-4-5-7-32(28)42(33)27-11-8-24(35)9-12-27/h4-13,18-20,22,25,39H,14-17,21H2,1-3H3,(H,36,37,43). The molecule has 1 amide bonds. The molecule has 8 nitrogen and oxygen atoms in total. The van der Waals surface area contributed by atoms with Crippen molar-refractivity contribution in [3.05, 3.63) is 90.2 Å². The lowest BCUT2D eigenvalue weighted by Gasteiger charge is -2.31. The molecule has 3 aromatic rings. The molecule has 0 spiro atoms. The van der Waals surface area contributed by atoms with E-state index in [4.69, 9.17) is 9.98 Å². The Morgan fingerprint density at radius 3 is 2.51 bits per heavy atom. The number of rotatable bonds is 7. The van der Waals surface area contributed by atoms with Gasteiger partial charge in [-0.25, -0.2) is 14.4 Å². The van der Waals surface area contributed by atoms with Crippen LogP contribution >= 0.6 is 0 Å². The van der Waals surface area contributed by atoms with Gasteiger partial charge in [0.25, 0.3) is 0 Å². The summed E-state index contributed by atoms with van der Waals surface area (Å²) in [7, 11) is 0. The van der Waals surface area contributed by atoms with Crippen LogP contribution in [0.3, 0.4) is 0 Å². The van der Waals surface area contributed by atoms with Crippen LogP contribution in [0.15, 0.2) is 84.0 Å². The van der Waals surface area contributed by atoms with Gasteiger partial charge < -0.3 is 20.1 Å². The molecule has 1 aromatic heterocycles. The monoisotopic (exact) mass is 577 g/mol. The fraction of sp³-hybridized carbons (Fsp3) is 0.294. The van der Waals surface area contributed by atoms with E-state index in [9.17, 15) is 9.18 Å². The first-order valence-electron chi connectivity index (χ1n) is 14.8. The summed E-state index contributed by atoms with van der Waals surface area (Å²) in [6, 6.07) is 22.4. The van der Waals surface area contributed by atoms with Gasteiger partial charge in [-0.1, -0.05) is 26.0 Å². The number of halogens is 1. The first-order valence-corrected chi connectivity index (χ1v) is 14.8. The number of likely N-dealkylation sites (tertiary alicyclic amines) is 1. The van der Waals surface area contributed by atoms with E-state index in [0.29, 0.717) is 11.7 Å². The summed E-state index contributed by atoms with van der Waals surface area (Å²) in [5, 5.41) is 7.04. The summed E-state index contributed by atoms with van der Waals surface area (Å²) in [4.78, 5) is 28.7. The number of pyridine rings is 1. The number of anilines is 3. The first kappa shape index (κ1) is 28.5. The Morgan fingerprint density at radius 1 is 1.05 bits per heavy atom. The molecule has 6 rings (SSSR count). The lowest BCUT2D eigenvalue weighted by Crippen LogP contribution is -2.38. The zero-order chi connectivity index (χ0) is 29.9. The van der Waals surface area contributed by atoms with Gasteiger partial charge in [-0.3, -0.25) is 9.79 Å². The molecule has 0 radical (unpaired) electrons. The molecule has 1 aliphatic carbocycles. The Balaban J connectivity index is 1.48. The molecule has 0 unspecified atom stereocenters. The van der Waals surface area contributed by atoms with E-state index in [1.807, 2.05) is 36.4 Å². The van der Waals surface area contributed by atoms with Crippen molar-refractivity contribution in [3.63, 3.8) is 0 Å². The number of hydrogen-bond acceptors (Lipinski definition) is 6. The highest BCUT2D eigenvalue weighted by molar-refractivity contribution is 5.88. The maximum Gasteiger partial charge on any atom is 0.222 e. The molecule has 3 heterocycles. The molecule has 2 aliphatic heterocycles. The van der Waals surface area contributed by atoms with Crippen molar-refractivity contribution in [1.29, 1.82) is 0 Å². The maximum atomic E-state index is 13.9. The summed E-state index contributed by atoms with van der Waals surface area (Å²) in [5.41, 5.74) is 5.84. The third kappa shape index (κ3) is 6.57. The van der Waals surface area contributed by atoms with Crippen LogP contribution in [0.1, 0.15) is 33.6 Å². The van der Waals surface area contributed by atoms with E-state index in [0.717, 1.165) is 77.3 Å². The highest BCUT2D eigenvalue weighted by Crippen LogP contribution is 2.31. The molecule has 2 aromatic carbocycles. The van der Waals surface area contributed by atoms with E-state index in [-0.39, 0.29) is 17.8 Å². The van der Waals surface area contributed by atoms with Crippen molar-refractivity contribution in [2.75, 3.05) is 30.3 Å². The topological polar surface area (TPSA) is 87.4 Å². The van der Waals surface area contributed by atoms with Gasteiger partial charge >= 0.3 is 0 Å². The molecule has 220 valence electrons. The van der Waals surface area contributed by atoms with Gasteiger partial charge in [-0.2, -0.15) is 0 Å². The number of nitrogens with zero attached hydrogens (tertiary/aromatic N) is 5. The number of carbonyl (C=O) groups excluding carboxylic acids is 1. The predicted octanol–water partition coefficient (Wildman–Crippen LogP) is 6.39. The molecular weight excluding hydrogens is 541 g/mol. The summed E-state index contributed by atoms with van der Waals surface area (Å²) >= 11 is 0. The number of amides is 1. The minimum absolute atomic E-state index is 0.170. The number of piperidine rings is 1. The molecule has 1 saturated heterocycles. The maximum absolute atomic E-state index is 13.9. The lowest BCUT2D eigenvalue weighted by atomic mass is 10.0. The van der Waals surface area contributed by atoms with Gasteiger partial charge in [-0.15, -0.1) is 0 Å². The fourth-order valence-electron chi connectivity index (χ4n) is 5.74. The van der Waals surface area contributed by atoms with Gasteiger partial charge in [0.2, 0.25) is 5.91 Å². The number of carbonyl (C=O) groups is 1. The average Bonchev–Trinajstić information content (AvgIpc) is 2.98. The molecule has 43 heavy (non-hydrogen) atoms. The number of hydrogen-bond donors (Lipinski definition) is 2. The molecule has 9 heteroatoms. The van der Waals surface area contributed by atoms with Crippen LogP contribution in [-0.4, -0.2) is 51.0 Å². The third-order valence-electron chi connectivity index (χ3n) is 7.63. The number of benzene rings is 3. The lowest BCUT2D eigenvalue weighted by molar-refractivity contribution is -0.114. The predicted molar refractivity (Wildman–Crippen MR) is 169 cm³/mol. The van der Waals surface area contributed by atoms with Crippen molar-refractivity contribution >= 4 is 34.1 Å². The van der Waals surface area contributed by atoms with Gasteiger partial charge in [0.05, 0.1) is 51.4 Å². The van der Waals surface area contributed by atoms with Crippen molar-refractivity contribution in [1.82, 2.24) is 19.4 Å². The van der Waals surface area contributed by atoms with Crippen LogP contribution < -0.4 is 16.0 Å². The minimum atomic E-state index is -0.281. The molecule has 0 bridgehead atoms. The highest BCUT2D eigenvalue weighted by Gasteiger charge is 2.21. The Hall–Kier alpha value is -4.63. The summed E-state index contributed by atoms with van der Waals surface area (Å²) in [5.74, 6) is 0.676. The van der Waals surface area contributed by atoms with Crippen LogP contribution in [0.4, 0.5) is 21.6 Å². The highest BCUT2D eigenvalue weighted by atomic mass is 19.1. The van der Waals surface area contributed by atoms with E-state index in [2.05, 4.69) is 45.0 Å². The summed E-state index contributed by atoms with van der Waals surface area (Å²) in [6.07, 6.45) is 3.67. The number of aromatic nitrogens is 3. The Bertz CT molecular complexity index is 1770. The van der Waals surface area contributed by atoms with Gasteiger partial charge in [0.15, 0.2) is 0 Å². The van der Waals surface area contributed by atoms with E-state index in [1.165, 1.54) is 19.1 Å². The van der Waals surface area contributed by atoms with Gasteiger partial charge in [-0.05, 0) is 79.4 Å². The molecule has 0 atom stereocenters. The van der Waals surface area contributed by atoms with Gasteiger partial charge in [0, 0.05) is 32.2 Å². The van der Waals surface area contributed by atoms with E-state index < -0.39 is 0 Å². The molecule has 0 saturated carbocycles. The smallest absolute Gasteiger partial charge is 0.222 e. The number of para-hydroxylation sites is 2. The first-order chi connectivity index (χ1) is 20.8. The van der Waals surface area contributed by atoms with Crippen molar-refractivity contribution in [2.45, 2.75) is 39.7 Å².